The molecule has 1 amide bonds. The van der Waals surface area contributed by atoms with Crippen molar-refractivity contribution in [1.29, 1.82) is 0 Å². The van der Waals surface area contributed by atoms with Crippen LogP contribution in [-0.2, 0) is 30.0 Å². The van der Waals surface area contributed by atoms with E-state index in [-0.39, 0.29) is 23.8 Å². The fourth-order valence-corrected chi connectivity index (χ4v) is 7.37. The van der Waals surface area contributed by atoms with Crippen molar-refractivity contribution < 1.29 is 33.4 Å². The highest BCUT2D eigenvalue weighted by Gasteiger charge is 2.61. The number of fused-ring (bicyclic) bond motifs is 1. The Kier molecular flexibility index (Phi) is 7.31. The molecule has 0 aliphatic carbocycles. The molecule has 10 nitrogen and oxygen atoms in total. The predicted octanol–water partition coefficient (Wildman–Crippen LogP) is 3.65. The first-order valence-electron chi connectivity index (χ1n) is 12.7. The normalized spacial score (nSPS) is 20.9. The standard InChI is InChI=1S/C29H27N2O8P/c1-18-25-24(19(2)32)28(33)30(25)26(29(34)38-17-20-13-15-21(16-14-20)31(35)36)27(18)39-40(37,22-9-5-3-6-10-22)23-11-7-4-8-12-23/h3-16,18-19,24-25,32H,17H2,1-2H3/t18-,19?,24?,25+/m1/s1. The number of carbonyl (C=O) groups is 2. The molecule has 5 rings (SSSR count). The maximum Gasteiger partial charge on any atom is 0.358 e. The number of non-ortho nitro benzene ring substituents is 1. The summed E-state index contributed by atoms with van der Waals surface area (Å²) in [4.78, 5) is 38.3. The van der Waals surface area contributed by atoms with Gasteiger partial charge in [-0.2, -0.15) is 0 Å². The molecule has 2 aliphatic heterocycles. The molecule has 3 aromatic rings. The highest BCUT2D eigenvalue weighted by molar-refractivity contribution is 7.74. The van der Waals surface area contributed by atoms with E-state index in [1.165, 1.54) is 36.1 Å². The van der Waals surface area contributed by atoms with Gasteiger partial charge in [0.2, 0.25) is 5.91 Å². The Labute approximate surface area is 230 Å². The summed E-state index contributed by atoms with van der Waals surface area (Å²) in [5.41, 5.74) is 0.239. The van der Waals surface area contributed by atoms with E-state index in [9.17, 15) is 29.4 Å². The van der Waals surface area contributed by atoms with E-state index in [4.69, 9.17) is 9.26 Å². The molecular formula is C29H27N2O8P. The van der Waals surface area contributed by atoms with E-state index in [1.807, 2.05) is 0 Å². The van der Waals surface area contributed by atoms with Crippen LogP contribution in [0.25, 0.3) is 0 Å². The molecular weight excluding hydrogens is 535 g/mol. The van der Waals surface area contributed by atoms with Crippen LogP contribution in [0.4, 0.5) is 5.69 Å². The van der Waals surface area contributed by atoms with Crippen LogP contribution in [0.2, 0.25) is 0 Å². The van der Waals surface area contributed by atoms with Gasteiger partial charge < -0.3 is 14.4 Å². The Bertz CT molecular complexity index is 1480. The van der Waals surface area contributed by atoms with Crippen molar-refractivity contribution in [3.05, 3.63) is 112 Å². The van der Waals surface area contributed by atoms with Gasteiger partial charge in [-0.05, 0) is 48.9 Å². The first kappa shape index (κ1) is 27.3. The number of amides is 1. The molecule has 0 aromatic heterocycles. The zero-order chi connectivity index (χ0) is 28.6. The maximum absolute atomic E-state index is 14.7. The Morgan fingerprint density at radius 2 is 1.57 bits per heavy atom. The summed E-state index contributed by atoms with van der Waals surface area (Å²) < 4.78 is 26.5. The van der Waals surface area contributed by atoms with Crippen molar-refractivity contribution in [2.75, 3.05) is 0 Å². The smallest absolute Gasteiger partial charge is 0.358 e. The van der Waals surface area contributed by atoms with Gasteiger partial charge in [-0.25, -0.2) is 4.79 Å². The van der Waals surface area contributed by atoms with Crippen molar-refractivity contribution in [2.45, 2.75) is 32.6 Å². The summed E-state index contributed by atoms with van der Waals surface area (Å²) in [5, 5.41) is 22.1. The van der Waals surface area contributed by atoms with Gasteiger partial charge in [0, 0.05) is 18.1 Å². The van der Waals surface area contributed by atoms with Gasteiger partial charge in [0.1, 0.15) is 12.4 Å². The second kappa shape index (κ2) is 10.7. The monoisotopic (exact) mass is 562 g/mol. The minimum absolute atomic E-state index is 0.0474. The highest BCUT2D eigenvalue weighted by atomic mass is 31.2. The lowest BCUT2D eigenvalue weighted by Crippen LogP contribution is -2.63. The number of rotatable bonds is 9. The number of nitro groups is 1. The van der Waals surface area contributed by atoms with Crippen LogP contribution in [0.3, 0.4) is 0 Å². The number of aliphatic hydroxyl groups excluding tert-OH is 1. The number of nitro benzene ring substituents is 1. The Hall–Kier alpha value is -4.27. The molecule has 0 radical (unpaired) electrons. The number of aliphatic hydroxyl groups is 1. The highest BCUT2D eigenvalue weighted by Crippen LogP contribution is 2.55. The van der Waals surface area contributed by atoms with Crippen LogP contribution in [-0.4, -0.2) is 39.0 Å². The van der Waals surface area contributed by atoms with Gasteiger partial charge >= 0.3 is 13.3 Å². The van der Waals surface area contributed by atoms with Gasteiger partial charge in [0.25, 0.3) is 5.69 Å². The number of hydrogen-bond acceptors (Lipinski definition) is 8. The van der Waals surface area contributed by atoms with Gasteiger partial charge in [-0.1, -0.05) is 43.3 Å². The Balaban J connectivity index is 1.53. The van der Waals surface area contributed by atoms with Crippen LogP contribution in [0.15, 0.2) is 96.4 Å². The Morgan fingerprint density at radius 1 is 1.02 bits per heavy atom. The molecule has 4 atom stereocenters. The summed E-state index contributed by atoms with van der Waals surface area (Å²) >= 11 is 0. The first-order chi connectivity index (χ1) is 19.1. The largest absolute Gasteiger partial charge is 0.456 e. The lowest BCUT2D eigenvalue weighted by molar-refractivity contribution is -0.384. The third kappa shape index (κ3) is 4.69. The lowest BCUT2D eigenvalue weighted by Gasteiger charge is -2.46. The van der Waals surface area contributed by atoms with Crippen LogP contribution in [0, 0.1) is 22.0 Å². The van der Waals surface area contributed by atoms with Gasteiger partial charge in [0.05, 0.1) is 33.6 Å². The number of hydrogen-bond donors (Lipinski definition) is 1. The van der Waals surface area contributed by atoms with Crippen molar-refractivity contribution in [2.24, 2.45) is 11.8 Å². The summed E-state index contributed by atoms with van der Waals surface area (Å²) in [5.74, 6) is -2.61. The molecule has 11 heteroatoms. The molecule has 0 saturated carbocycles. The van der Waals surface area contributed by atoms with Crippen LogP contribution < -0.4 is 10.6 Å². The molecule has 2 heterocycles. The van der Waals surface area contributed by atoms with Crippen molar-refractivity contribution in [3.8, 4) is 0 Å². The SMILES string of the molecule is CC(O)C1C(=O)N2C(C(=O)OCc3ccc([N+](=O)[O-])cc3)=C(OP(=O)(c3ccccc3)c3ccccc3)[C@H](C)[C@@H]12. The van der Waals surface area contributed by atoms with Gasteiger partial charge in [0.15, 0.2) is 5.70 Å². The average Bonchev–Trinajstić information content (AvgIpc) is 3.20. The second-order valence-corrected chi connectivity index (χ2v) is 12.1. The topological polar surface area (TPSA) is 136 Å². The fraction of sp³-hybridized carbons (Fsp3) is 0.241. The molecule has 2 aliphatic rings. The molecule has 40 heavy (non-hydrogen) atoms. The summed E-state index contributed by atoms with van der Waals surface area (Å²) in [6.07, 6.45) is -0.969. The third-order valence-electron chi connectivity index (χ3n) is 7.24. The molecule has 3 aromatic carbocycles. The third-order valence-corrected chi connectivity index (χ3v) is 9.65. The predicted molar refractivity (Wildman–Crippen MR) is 146 cm³/mol. The van der Waals surface area contributed by atoms with E-state index in [0.29, 0.717) is 16.2 Å². The molecule has 1 saturated heterocycles. The Morgan fingerprint density at radius 3 is 2.08 bits per heavy atom. The number of ether oxygens (including phenoxy) is 1. The zero-order valence-corrected chi connectivity index (χ0v) is 22.6. The summed E-state index contributed by atoms with van der Waals surface area (Å²) in [6.45, 7) is 3.05. The van der Waals surface area contributed by atoms with Gasteiger partial charge in [-0.3, -0.25) is 24.4 Å². The minimum atomic E-state index is -3.80. The number of nitrogens with zero attached hydrogens (tertiary/aromatic N) is 2. The zero-order valence-electron chi connectivity index (χ0n) is 21.7. The maximum atomic E-state index is 14.7. The quantitative estimate of drug-likeness (QED) is 0.137. The first-order valence-corrected chi connectivity index (χ1v) is 14.3. The number of carbonyl (C=O) groups excluding carboxylic acids is 2. The van der Waals surface area contributed by atoms with Crippen molar-refractivity contribution in [3.63, 3.8) is 0 Å². The number of benzene rings is 3. The average molecular weight is 563 g/mol. The van der Waals surface area contributed by atoms with E-state index < -0.39 is 48.2 Å². The van der Waals surface area contributed by atoms with E-state index in [1.54, 1.807) is 67.6 Å². The molecule has 1 N–H and O–H groups in total. The lowest BCUT2D eigenvalue weighted by atomic mass is 9.79. The molecule has 1 fully saturated rings. The van der Waals surface area contributed by atoms with E-state index in [2.05, 4.69) is 0 Å². The number of β-lactam (4-membered cyclic amide) rings is 1. The minimum Gasteiger partial charge on any atom is -0.456 e. The van der Waals surface area contributed by atoms with Gasteiger partial charge in [-0.15, -0.1) is 0 Å². The van der Waals surface area contributed by atoms with Crippen LogP contribution in [0.1, 0.15) is 19.4 Å². The fourth-order valence-electron chi connectivity index (χ4n) is 5.21. The molecule has 2 unspecified atom stereocenters. The summed E-state index contributed by atoms with van der Waals surface area (Å²) in [7, 11) is -3.80. The molecule has 0 spiro atoms. The second-order valence-electron chi connectivity index (χ2n) is 9.78. The van der Waals surface area contributed by atoms with E-state index in [0.717, 1.165) is 0 Å². The van der Waals surface area contributed by atoms with Crippen molar-refractivity contribution >= 4 is 35.5 Å². The summed E-state index contributed by atoms with van der Waals surface area (Å²) in [6, 6.07) is 22.2. The molecule has 0 bridgehead atoms. The number of esters is 1. The van der Waals surface area contributed by atoms with Crippen molar-refractivity contribution in [1.82, 2.24) is 4.90 Å². The van der Waals surface area contributed by atoms with E-state index >= 15 is 0 Å². The van der Waals surface area contributed by atoms with Crippen LogP contribution in [0.5, 0.6) is 0 Å². The van der Waals surface area contributed by atoms with Crippen LogP contribution >= 0.6 is 7.37 Å². The molecule has 206 valence electrons.